The Morgan fingerprint density at radius 1 is 1.40 bits per heavy atom. The molecule has 0 saturated carbocycles. The van der Waals surface area contributed by atoms with Crippen LogP contribution in [0.15, 0.2) is 16.5 Å². The number of hydrogen-bond acceptors (Lipinski definition) is 7. The molecular formula is C12H14ClN3OS3. The summed E-state index contributed by atoms with van der Waals surface area (Å²) in [4.78, 5) is 12.6. The molecule has 0 fully saturated rings. The van der Waals surface area contributed by atoms with Crippen LogP contribution >= 0.6 is 46.0 Å². The van der Waals surface area contributed by atoms with Crippen molar-refractivity contribution in [2.24, 2.45) is 0 Å². The first-order chi connectivity index (χ1) is 9.69. The molecule has 0 aliphatic heterocycles. The molecule has 0 aliphatic rings. The summed E-state index contributed by atoms with van der Waals surface area (Å²) in [5.74, 6) is 0.433. The van der Waals surface area contributed by atoms with E-state index in [1.165, 1.54) is 34.4 Å². The molecule has 2 rings (SSSR count). The Bertz CT molecular complexity index is 570. The minimum Gasteiger partial charge on any atom is -0.360 e. The fourth-order valence-corrected chi connectivity index (χ4v) is 4.11. The summed E-state index contributed by atoms with van der Waals surface area (Å²) in [6.07, 6.45) is 2.25. The molecule has 0 radical (unpaired) electrons. The molecule has 0 unspecified atom stereocenters. The van der Waals surface area contributed by atoms with Crippen LogP contribution in [0.1, 0.15) is 29.4 Å². The Kier molecular flexibility index (Phi) is 6.28. The molecule has 20 heavy (non-hydrogen) atoms. The van der Waals surface area contributed by atoms with Crippen LogP contribution in [0.3, 0.4) is 0 Å². The molecule has 0 bridgehead atoms. The van der Waals surface area contributed by atoms with Gasteiger partial charge in [0.05, 0.1) is 15.0 Å². The van der Waals surface area contributed by atoms with Gasteiger partial charge in [0.2, 0.25) is 5.13 Å². The van der Waals surface area contributed by atoms with Crippen LogP contribution in [0.25, 0.3) is 0 Å². The number of Topliss-reactive ketones (excluding diaryl/α,β-unsaturated/α-hetero) is 1. The van der Waals surface area contributed by atoms with E-state index in [0.29, 0.717) is 15.0 Å². The Morgan fingerprint density at radius 2 is 2.25 bits per heavy atom. The van der Waals surface area contributed by atoms with E-state index < -0.39 is 0 Å². The van der Waals surface area contributed by atoms with Crippen molar-refractivity contribution < 1.29 is 4.79 Å². The van der Waals surface area contributed by atoms with Crippen LogP contribution in [0.5, 0.6) is 0 Å². The van der Waals surface area contributed by atoms with Gasteiger partial charge in [-0.1, -0.05) is 48.0 Å². The maximum Gasteiger partial charge on any atom is 0.206 e. The van der Waals surface area contributed by atoms with Crippen molar-refractivity contribution in [3.05, 3.63) is 21.3 Å². The number of hydrogen-bond donors (Lipinski definition) is 1. The lowest BCUT2D eigenvalue weighted by molar-refractivity contribution is 0.102. The van der Waals surface area contributed by atoms with Gasteiger partial charge in [-0.2, -0.15) is 0 Å². The number of nitrogens with one attached hydrogen (secondary N) is 1. The molecule has 108 valence electrons. The van der Waals surface area contributed by atoms with Gasteiger partial charge < -0.3 is 5.32 Å². The van der Waals surface area contributed by atoms with Gasteiger partial charge in [0.15, 0.2) is 10.1 Å². The summed E-state index contributed by atoms with van der Waals surface area (Å²) in [5, 5.41) is 12.1. The molecular weight excluding hydrogens is 334 g/mol. The summed E-state index contributed by atoms with van der Waals surface area (Å²) in [7, 11) is 0. The van der Waals surface area contributed by atoms with Crippen LogP contribution in [-0.4, -0.2) is 28.3 Å². The lowest BCUT2D eigenvalue weighted by atomic mass is 10.3. The molecule has 0 aromatic carbocycles. The van der Waals surface area contributed by atoms with Crippen LogP contribution < -0.4 is 5.32 Å². The maximum absolute atomic E-state index is 11.9. The molecule has 8 heteroatoms. The molecule has 0 saturated heterocycles. The third kappa shape index (κ3) is 4.73. The van der Waals surface area contributed by atoms with E-state index >= 15 is 0 Å². The first-order valence-electron chi connectivity index (χ1n) is 6.17. The van der Waals surface area contributed by atoms with Gasteiger partial charge in [-0.25, -0.2) is 0 Å². The Hall–Kier alpha value is -0.630. The molecule has 1 N–H and O–H groups in total. The number of carbonyl (C=O) groups is 1. The van der Waals surface area contributed by atoms with E-state index in [4.69, 9.17) is 11.6 Å². The van der Waals surface area contributed by atoms with Crippen LogP contribution in [0.2, 0.25) is 4.34 Å². The zero-order valence-corrected chi connectivity index (χ0v) is 14.1. The Labute approximate surface area is 135 Å². The zero-order chi connectivity index (χ0) is 14.4. The third-order valence-corrected chi connectivity index (χ3v) is 5.67. The number of halogens is 1. The topological polar surface area (TPSA) is 54.9 Å². The molecule has 0 spiro atoms. The monoisotopic (exact) mass is 347 g/mol. The van der Waals surface area contributed by atoms with Crippen molar-refractivity contribution in [3.8, 4) is 0 Å². The highest BCUT2D eigenvalue weighted by Crippen LogP contribution is 2.28. The molecule has 2 aromatic rings. The van der Waals surface area contributed by atoms with Gasteiger partial charge >= 0.3 is 0 Å². The van der Waals surface area contributed by atoms with Crippen molar-refractivity contribution >= 4 is 57.0 Å². The van der Waals surface area contributed by atoms with Crippen molar-refractivity contribution in [3.63, 3.8) is 0 Å². The molecule has 2 aromatic heterocycles. The fourth-order valence-electron chi connectivity index (χ4n) is 1.37. The summed E-state index contributed by atoms with van der Waals surface area (Å²) < 4.78 is 1.44. The van der Waals surface area contributed by atoms with E-state index in [9.17, 15) is 4.79 Å². The van der Waals surface area contributed by atoms with E-state index in [1.807, 2.05) is 0 Å². The standard InChI is InChI=1S/C12H14ClN3OS3/c1-2-3-6-14-11-15-16-12(20-11)18-7-8(17)9-4-5-10(13)19-9/h4-5H,2-3,6-7H2,1H3,(H,14,15). The average Bonchev–Trinajstić information content (AvgIpc) is 3.05. The number of carbonyl (C=O) groups excluding carboxylic acids is 1. The first-order valence-corrected chi connectivity index (χ1v) is 9.17. The minimum atomic E-state index is 0.0718. The third-order valence-electron chi connectivity index (χ3n) is 2.39. The van der Waals surface area contributed by atoms with Gasteiger partial charge in [0.1, 0.15) is 0 Å². The smallest absolute Gasteiger partial charge is 0.206 e. The molecule has 0 aliphatic carbocycles. The predicted molar refractivity (Wildman–Crippen MR) is 87.7 cm³/mol. The van der Waals surface area contributed by atoms with Crippen LogP contribution in [0, 0.1) is 0 Å². The van der Waals surface area contributed by atoms with Gasteiger partial charge in [0, 0.05) is 6.54 Å². The number of unbranched alkanes of at least 4 members (excludes halogenated alkanes) is 1. The van der Waals surface area contributed by atoms with Crippen molar-refractivity contribution in [1.29, 1.82) is 0 Å². The van der Waals surface area contributed by atoms with Gasteiger partial charge in [-0.15, -0.1) is 21.5 Å². The van der Waals surface area contributed by atoms with Gasteiger partial charge in [0.25, 0.3) is 0 Å². The highest BCUT2D eigenvalue weighted by Gasteiger charge is 2.11. The zero-order valence-electron chi connectivity index (χ0n) is 10.9. The highest BCUT2D eigenvalue weighted by atomic mass is 35.5. The van der Waals surface area contributed by atoms with E-state index in [2.05, 4.69) is 22.4 Å². The number of rotatable bonds is 8. The number of aromatic nitrogens is 2. The van der Waals surface area contributed by atoms with Crippen LogP contribution in [-0.2, 0) is 0 Å². The van der Waals surface area contributed by atoms with Crippen molar-refractivity contribution in [2.45, 2.75) is 24.1 Å². The summed E-state index contributed by atoms with van der Waals surface area (Å²) in [5.41, 5.74) is 0. The molecule has 4 nitrogen and oxygen atoms in total. The molecule has 0 atom stereocenters. The molecule has 0 amide bonds. The van der Waals surface area contributed by atoms with Crippen molar-refractivity contribution in [2.75, 3.05) is 17.6 Å². The lowest BCUT2D eigenvalue weighted by Crippen LogP contribution is -1.99. The second-order valence-corrected chi connectivity index (χ2v) is 7.88. The Morgan fingerprint density at radius 3 is 2.95 bits per heavy atom. The molecule has 2 heterocycles. The number of thioether (sulfide) groups is 1. The number of nitrogens with zero attached hydrogens (tertiary/aromatic N) is 2. The first kappa shape index (κ1) is 15.8. The fraction of sp³-hybridized carbons (Fsp3) is 0.417. The second kappa shape index (κ2) is 7.97. The quantitative estimate of drug-likeness (QED) is 0.434. The SMILES string of the molecule is CCCCNc1nnc(SCC(=O)c2ccc(Cl)s2)s1. The maximum atomic E-state index is 11.9. The van der Waals surface area contributed by atoms with E-state index in [-0.39, 0.29) is 5.78 Å². The second-order valence-electron chi connectivity index (χ2n) is 3.97. The Balaban J connectivity index is 1.80. The number of thiophene rings is 1. The van der Waals surface area contributed by atoms with Crippen LogP contribution in [0.4, 0.5) is 5.13 Å². The van der Waals surface area contributed by atoms with E-state index in [1.54, 1.807) is 12.1 Å². The predicted octanol–water partition coefficient (Wildman–Crippen LogP) is 4.44. The highest BCUT2D eigenvalue weighted by molar-refractivity contribution is 8.01. The average molecular weight is 348 g/mol. The normalized spacial score (nSPS) is 10.7. The summed E-state index contributed by atoms with van der Waals surface area (Å²) in [6.45, 7) is 3.05. The largest absolute Gasteiger partial charge is 0.360 e. The van der Waals surface area contributed by atoms with Crippen molar-refractivity contribution in [1.82, 2.24) is 10.2 Å². The summed E-state index contributed by atoms with van der Waals surface area (Å²) >= 11 is 10.0. The van der Waals surface area contributed by atoms with Gasteiger partial charge in [-0.05, 0) is 18.6 Å². The minimum absolute atomic E-state index is 0.0718. The summed E-state index contributed by atoms with van der Waals surface area (Å²) in [6, 6.07) is 3.50. The van der Waals surface area contributed by atoms with E-state index in [0.717, 1.165) is 28.9 Å². The number of ketones is 1. The lowest BCUT2D eigenvalue weighted by Gasteiger charge is -1.97. The number of anilines is 1. The van der Waals surface area contributed by atoms with Gasteiger partial charge in [-0.3, -0.25) is 4.79 Å².